The number of hydrogen-bond acceptors (Lipinski definition) is 3. The molecule has 0 radical (unpaired) electrons. The number of ether oxygens (including phenoxy) is 1. The number of rotatable bonds is 6. The van der Waals surface area contributed by atoms with Gasteiger partial charge >= 0.3 is 0 Å². The molecule has 1 aromatic rings. The third kappa shape index (κ3) is 4.56. The Hall–Kier alpha value is -1.55. The van der Waals surface area contributed by atoms with Gasteiger partial charge in [-0.1, -0.05) is 19.9 Å². The molecular weight excluding hydrogens is 240 g/mol. The predicted octanol–water partition coefficient (Wildman–Crippen LogP) is 2.56. The van der Waals surface area contributed by atoms with Crippen LogP contribution in [0.2, 0.25) is 0 Å². The van der Waals surface area contributed by atoms with Crippen LogP contribution in [0, 0.1) is 18.8 Å². The van der Waals surface area contributed by atoms with Crippen LogP contribution in [0.4, 0.5) is 5.69 Å². The maximum Gasteiger partial charge on any atom is 0.228 e. The van der Waals surface area contributed by atoms with Crippen LogP contribution in [0.3, 0.4) is 0 Å². The Morgan fingerprint density at radius 3 is 2.63 bits per heavy atom. The minimum absolute atomic E-state index is 0.0416. The van der Waals surface area contributed by atoms with Gasteiger partial charge in [-0.15, -0.1) is 0 Å². The Morgan fingerprint density at radius 1 is 1.42 bits per heavy atom. The molecule has 1 amide bonds. The highest BCUT2D eigenvalue weighted by Gasteiger charge is 2.19. The Kier molecular flexibility index (Phi) is 5.83. The lowest BCUT2D eigenvalue weighted by atomic mass is 9.96. The summed E-state index contributed by atoms with van der Waals surface area (Å²) in [4.78, 5) is 12.2. The minimum atomic E-state index is -0.162. The van der Waals surface area contributed by atoms with Crippen LogP contribution in [0.5, 0.6) is 5.75 Å². The molecule has 0 fully saturated rings. The second kappa shape index (κ2) is 7.14. The predicted molar refractivity (Wildman–Crippen MR) is 78.4 cm³/mol. The number of methoxy groups -OCH3 is 1. The van der Waals surface area contributed by atoms with E-state index in [0.717, 1.165) is 12.0 Å². The summed E-state index contributed by atoms with van der Waals surface area (Å²) in [5.74, 6) is 0.906. The monoisotopic (exact) mass is 264 g/mol. The zero-order valence-corrected chi connectivity index (χ0v) is 12.2. The highest BCUT2D eigenvalue weighted by Crippen LogP contribution is 2.26. The molecule has 0 saturated heterocycles. The lowest BCUT2D eigenvalue weighted by molar-refractivity contribution is -0.120. The standard InChI is InChI=1S/C15H24N2O2/c1-10(2)7-12(9-16)15(18)17-13-8-11(3)5-6-14(13)19-4/h5-6,8,10,12H,7,9,16H2,1-4H3,(H,17,18). The zero-order valence-electron chi connectivity index (χ0n) is 12.2. The SMILES string of the molecule is COc1ccc(C)cc1NC(=O)C(CN)CC(C)C. The van der Waals surface area contributed by atoms with Gasteiger partial charge in [0.2, 0.25) is 5.91 Å². The van der Waals surface area contributed by atoms with Gasteiger partial charge in [-0.2, -0.15) is 0 Å². The zero-order chi connectivity index (χ0) is 14.4. The molecule has 0 aromatic heterocycles. The number of carbonyl (C=O) groups is 1. The summed E-state index contributed by atoms with van der Waals surface area (Å²) in [6.07, 6.45) is 0.788. The fourth-order valence-corrected chi connectivity index (χ4v) is 2.03. The highest BCUT2D eigenvalue weighted by molar-refractivity contribution is 5.94. The lowest BCUT2D eigenvalue weighted by Crippen LogP contribution is -2.30. The molecule has 0 saturated carbocycles. The van der Waals surface area contributed by atoms with Gasteiger partial charge in [-0.05, 0) is 37.0 Å². The molecule has 0 aliphatic rings. The second-order valence-electron chi connectivity index (χ2n) is 5.26. The first-order valence-corrected chi connectivity index (χ1v) is 6.63. The van der Waals surface area contributed by atoms with Gasteiger partial charge in [0.15, 0.2) is 0 Å². The van der Waals surface area contributed by atoms with Gasteiger partial charge in [-0.25, -0.2) is 0 Å². The van der Waals surface area contributed by atoms with E-state index in [-0.39, 0.29) is 11.8 Å². The van der Waals surface area contributed by atoms with Crippen molar-refractivity contribution in [2.24, 2.45) is 17.6 Å². The van der Waals surface area contributed by atoms with Crippen LogP contribution >= 0.6 is 0 Å². The molecule has 1 aromatic carbocycles. The summed E-state index contributed by atoms with van der Waals surface area (Å²) in [5.41, 5.74) is 7.46. The van der Waals surface area contributed by atoms with E-state index < -0.39 is 0 Å². The summed E-state index contributed by atoms with van der Waals surface area (Å²) in [6, 6.07) is 5.70. The van der Waals surface area contributed by atoms with Crippen molar-refractivity contribution in [2.75, 3.05) is 19.0 Å². The molecule has 1 unspecified atom stereocenters. The maximum absolute atomic E-state index is 12.2. The summed E-state index contributed by atoms with van der Waals surface area (Å²) in [7, 11) is 1.59. The van der Waals surface area contributed by atoms with E-state index in [9.17, 15) is 4.79 Å². The third-order valence-corrected chi connectivity index (χ3v) is 3.02. The minimum Gasteiger partial charge on any atom is -0.495 e. The van der Waals surface area contributed by atoms with E-state index in [4.69, 9.17) is 10.5 Å². The average molecular weight is 264 g/mol. The molecule has 0 aliphatic carbocycles. The molecule has 0 heterocycles. The summed E-state index contributed by atoms with van der Waals surface area (Å²) < 4.78 is 5.25. The number of carbonyl (C=O) groups excluding carboxylic acids is 1. The van der Waals surface area contributed by atoms with Crippen molar-refractivity contribution >= 4 is 11.6 Å². The van der Waals surface area contributed by atoms with E-state index in [1.54, 1.807) is 7.11 Å². The van der Waals surface area contributed by atoms with E-state index in [1.165, 1.54) is 0 Å². The molecule has 4 nitrogen and oxygen atoms in total. The number of amides is 1. The van der Waals surface area contributed by atoms with E-state index >= 15 is 0 Å². The number of nitrogens with two attached hydrogens (primary N) is 1. The molecule has 0 aliphatic heterocycles. The first kappa shape index (κ1) is 15.5. The van der Waals surface area contributed by atoms with Crippen molar-refractivity contribution in [1.29, 1.82) is 0 Å². The van der Waals surface area contributed by atoms with E-state index in [1.807, 2.05) is 25.1 Å². The molecule has 4 heteroatoms. The Balaban J connectivity index is 2.83. The van der Waals surface area contributed by atoms with Crippen LogP contribution in [0.15, 0.2) is 18.2 Å². The maximum atomic E-state index is 12.2. The highest BCUT2D eigenvalue weighted by atomic mass is 16.5. The fraction of sp³-hybridized carbons (Fsp3) is 0.533. The van der Waals surface area contributed by atoms with Crippen molar-refractivity contribution in [3.63, 3.8) is 0 Å². The van der Waals surface area contributed by atoms with Crippen molar-refractivity contribution in [3.05, 3.63) is 23.8 Å². The summed E-state index contributed by atoms with van der Waals surface area (Å²) in [6.45, 7) is 6.51. The molecule has 1 atom stereocenters. The fourth-order valence-electron chi connectivity index (χ4n) is 2.03. The number of benzene rings is 1. The first-order valence-electron chi connectivity index (χ1n) is 6.63. The van der Waals surface area contributed by atoms with E-state index in [0.29, 0.717) is 23.9 Å². The van der Waals surface area contributed by atoms with Gasteiger partial charge in [0.25, 0.3) is 0 Å². The van der Waals surface area contributed by atoms with Crippen LogP contribution in [-0.4, -0.2) is 19.6 Å². The Morgan fingerprint density at radius 2 is 2.11 bits per heavy atom. The average Bonchev–Trinajstić information content (AvgIpc) is 2.35. The van der Waals surface area contributed by atoms with Gasteiger partial charge in [0.05, 0.1) is 18.7 Å². The van der Waals surface area contributed by atoms with Crippen molar-refractivity contribution in [2.45, 2.75) is 27.2 Å². The number of nitrogens with one attached hydrogen (secondary N) is 1. The third-order valence-electron chi connectivity index (χ3n) is 3.02. The van der Waals surface area contributed by atoms with Crippen molar-refractivity contribution < 1.29 is 9.53 Å². The first-order chi connectivity index (χ1) is 8.97. The van der Waals surface area contributed by atoms with Gasteiger partial charge in [-0.3, -0.25) is 4.79 Å². The van der Waals surface area contributed by atoms with Gasteiger partial charge in [0.1, 0.15) is 5.75 Å². The Labute approximate surface area is 115 Å². The summed E-state index contributed by atoms with van der Waals surface area (Å²) >= 11 is 0. The Bertz CT molecular complexity index is 430. The lowest BCUT2D eigenvalue weighted by Gasteiger charge is -2.18. The van der Waals surface area contributed by atoms with Crippen LogP contribution in [0.25, 0.3) is 0 Å². The topological polar surface area (TPSA) is 64.3 Å². The number of aryl methyl sites for hydroxylation is 1. The molecule has 19 heavy (non-hydrogen) atoms. The molecule has 0 spiro atoms. The quantitative estimate of drug-likeness (QED) is 0.830. The van der Waals surface area contributed by atoms with Gasteiger partial charge in [0, 0.05) is 6.54 Å². The van der Waals surface area contributed by atoms with Gasteiger partial charge < -0.3 is 15.8 Å². The van der Waals surface area contributed by atoms with Crippen molar-refractivity contribution in [3.8, 4) is 5.75 Å². The molecular formula is C15H24N2O2. The van der Waals surface area contributed by atoms with Crippen LogP contribution in [-0.2, 0) is 4.79 Å². The number of hydrogen-bond donors (Lipinski definition) is 2. The second-order valence-corrected chi connectivity index (χ2v) is 5.26. The van der Waals surface area contributed by atoms with Crippen LogP contribution < -0.4 is 15.8 Å². The molecule has 3 N–H and O–H groups in total. The summed E-state index contributed by atoms with van der Waals surface area (Å²) in [5, 5.41) is 2.91. The molecule has 0 bridgehead atoms. The molecule has 1 rings (SSSR count). The van der Waals surface area contributed by atoms with Crippen molar-refractivity contribution in [1.82, 2.24) is 0 Å². The largest absolute Gasteiger partial charge is 0.495 e. The molecule has 106 valence electrons. The smallest absolute Gasteiger partial charge is 0.228 e. The van der Waals surface area contributed by atoms with E-state index in [2.05, 4.69) is 19.2 Å². The normalized spacial score (nSPS) is 12.3. The number of anilines is 1. The van der Waals surface area contributed by atoms with Crippen LogP contribution in [0.1, 0.15) is 25.8 Å².